The van der Waals surface area contributed by atoms with Gasteiger partial charge in [-0.15, -0.1) is 0 Å². The van der Waals surface area contributed by atoms with Crippen LogP contribution in [-0.4, -0.2) is 11.9 Å². The van der Waals surface area contributed by atoms with E-state index in [4.69, 9.17) is 9.47 Å². The molecule has 5 heteroatoms. The summed E-state index contributed by atoms with van der Waals surface area (Å²) in [5.74, 6) is -0.530. The minimum absolute atomic E-state index is 0.360. The third-order valence-corrected chi connectivity index (χ3v) is 3.97. The Hall–Kier alpha value is -3.73. The zero-order chi connectivity index (χ0) is 20.1. The van der Waals surface area contributed by atoms with Crippen LogP contribution in [0, 0.1) is 5.82 Å². The van der Waals surface area contributed by atoms with E-state index in [-0.39, 0.29) is 5.82 Å². The number of benzene rings is 3. The van der Waals surface area contributed by atoms with Gasteiger partial charge in [0.2, 0.25) is 0 Å². The third kappa shape index (κ3) is 4.51. The fourth-order valence-electron chi connectivity index (χ4n) is 2.67. The molecule has 3 aromatic carbocycles. The topological polar surface area (TPSA) is 52.6 Å². The molecule has 0 saturated carbocycles. The van der Waals surface area contributed by atoms with Crippen molar-refractivity contribution in [3.63, 3.8) is 0 Å². The van der Waals surface area contributed by atoms with E-state index in [0.29, 0.717) is 28.2 Å². The standard InChI is InChI=1S/C23H17FO4/c1-3-23(26)28-20-11-6-17(7-12-20)21-13-8-18(14-22(21)24)16-4-9-19(10-5-16)27-15(2)25/h3-14H,1H2,2H3. The first kappa shape index (κ1) is 19.0. The van der Waals surface area contributed by atoms with E-state index in [0.717, 1.165) is 11.6 Å². The van der Waals surface area contributed by atoms with Gasteiger partial charge >= 0.3 is 11.9 Å². The van der Waals surface area contributed by atoms with Crippen LogP contribution in [0.2, 0.25) is 0 Å². The Bertz CT molecular complexity index is 1020. The summed E-state index contributed by atoms with van der Waals surface area (Å²) in [4.78, 5) is 22.2. The molecular formula is C23H17FO4. The van der Waals surface area contributed by atoms with Crippen LogP contribution in [0.4, 0.5) is 4.39 Å². The third-order valence-electron chi connectivity index (χ3n) is 3.97. The molecule has 0 atom stereocenters. The van der Waals surface area contributed by atoms with Crippen molar-refractivity contribution >= 4 is 11.9 Å². The van der Waals surface area contributed by atoms with E-state index < -0.39 is 11.9 Å². The smallest absolute Gasteiger partial charge is 0.335 e. The van der Waals surface area contributed by atoms with E-state index in [1.165, 1.54) is 13.0 Å². The van der Waals surface area contributed by atoms with Crippen LogP contribution in [0.15, 0.2) is 79.4 Å². The second kappa shape index (κ2) is 8.31. The second-order valence-corrected chi connectivity index (χ2v) is 5.96. The van der Waals surface area contributed by atoms with E-state index in [1.54, 1.807) is 54.6 Å². The molecule has 0 spiro atoms. The summed E-state index contributed by atoms with van der Waals surface area (Å²) in [7, 11) is 0. The molecule has 28 heavy (non-hydrogen) atoms. The largest absolute Gasteiger partial charge is 0.427 e. The van der Waals surface area contributed by atoms with Crippen LogP contribution >= 0.6 is 0 Å². The predicted octanol–water partition coefficient (Wildman–Crippen LogP) is 5.18. The van der Waals surface area contributed by atoms with Crippen LogP contribution in [0.3, 0.4) is 0 Å². The van der Waals surface area contributed by atoms with Crippen molar-refractivity contribution in [2.24, 2.45) is 0 Å². The van der Waals surface area contributed by atoms with Gasteiger partial charge in [-0.05, 0) is 47.0 Å². The van der Waals surface area contributed by atoms with Crippen molar-refractivity contribution in [1.82, 2.24) is 0 Å². The molecular weight excluding hydrogens is 359 g/mol. The van der Waals surface area contributed by atoms with Gasteiger partial charge in [-0.3, -0.25) is 4.79 Å². The fourth-order valence-corrected chi connectivity index (χ4v) is 2.67. The van der Waals surface area contributed by atoms with E-state index in [9.17, 15) is 14.0 Å². The monoisotopic (exact) mass is 376 g/mol. The summed E-state index contributed by atoms with van der Waals surface area (Å²) in [5.41, 5.74) is 2.59. The quantitative estimate of drug-likeness (QED) is 0.350. The summed E-state index contributed by atoms with van der Waals surface area (Å²) in [5, 5.41) is 0. The molecule has 0 fully saturated rings. The van der Waals surface area contributed by atoms with Crippen LogP contribution in [0.5, 0.6) is 11.5 Å². The Balaban J connectivity index is 1.81. The summed E-state index contributed by atoms with van der Waals surface area (Å²) < 4.78 is 24.7. The number of halogens is 1. The number of hydrogen-bond donors (Lipinski definition) is 0. The van der Waals surface area contributed by atoms with Crippen molar-refractivity contribution in [2.75, 3.05) is 0 Å². The first-order valence-corrected chi connectivity index (χ1v) is 8.49. The number of hydrogen-bond acceptors (Lipinski definition) is 4. The molecule has 3 rings (SSSR count). The zero-order valence-corrected chi connectivity index (χ0v) is 15.1. The highest BCUT2D eigenvalue weighted by atomic mass is 19.1. The minimum Gasteiger partial charge on any atom is -0.427 e. The van der Waals surface area contributed by atoms with E-state index >= 15 is 0 Å². The maximum absolute atomic E-state index is 14.7. The Labute approximate surface area is 161 Å². The van der Waals surface area contributed by atoms with Gasteiger partial charge in [0, 0.05) is 18.6 Å². The van der Waals surface area contributed by atoms with Gasteiger partial charge < -0.3 is 9.47 Å². The molecule has 0 radical (unpaired) electrons. The molecule has 0 heterocycles. The number of ether oxygens (including phenoxy) is 2. The molecule has 4 nitrogen and oxygen atoms in total. The van der Waals surface area contributed by atoms with Crippen molar-refractivity contribution in [1.29, 1.82) is 0 Å². The van der Waals surface area contributed by atoms with Gasteiger partial charge in [-0.25, -0.2) is 9.18 Å². The molecule has 0 aromatic heterocycles. The minimum atomic E-state index is -0.553. The lowest BCUT2D eigenvalue weighted by Crippen LogP contribution is -2.02. The second-order valence-electron chi connectivity index (χ2n) is 5.96. The number of carbonyl (C=O) groups is 2. The normalized spacial score (nSPS) is 10.2. The molecule has 0 saturated heterocycles. The van der Waals surface area contributed by atoms with Gasteiger partial charge in [0.15, 0.2) is 0 Å². The predicted molar refractivity (Wildman–Crippen MR) is 104 cm³/mol. The average molecular weight is 376 g/mol. The maximum atomic E-state index is 14.7. The number of carbonyl (C=O) groups excluding carboxylic acids is 2. The highest BCUT2D eigenvalue weighted by molar-refractivity contribution is 5.83. The molecule has 0 aliphatic rings. The summed E-state index contributed by atoms with van der Waals surface area (Å²) in [6, 6.07) is 18.3. The highest BCUT2D eigenvalue weighted by Crippen LogP contribution is 2.30. The van der Waals surface area contributed by atoms with E-state index in [1.807, 2.05) is 6.07 Å². The number of rotatable bonds is 5. The van der Waals surface area contributed by atoms with E-state index in [2.05, 4.69) is 6.58 Å². The van der Waals surface area contributed by atoms with Crippen LogP contribution in [0.1, 0.15) is 6.92 Å². The van der Waals surface area contributed by atoms with Crippen molar-refractivity contribution in [2.45, 2.75) is 6.92 Å². The lowest BCUT2D eigenvalue weighted by molar-refractivity contribution is -0.132. The first-order valence-electron chi connectivity index (χ1n) is 8.49. The maximum Gasteiger partial charge on any atom is 0.335 e. The van der Waals surface area contributed by atoms with Gasteiger partial charge in [0.25, 0.3) is 0 Å². The Morgan fingerprint density at radius 1 is 0.821 bits per heavy atom. The molecule has 0 bridgehead atoms. The summed E-state index contributed by atoms with van der Waals surface area (Å²) >= 11 is 0. The first-order chi connectivity index (χ1) is 13.5. The van der Waals surface area contributed by atoms with Crippen molar-refractivity contribution in [3.05, 3.63) is 85.2 Å². The van der Waals surface area contributed by atoms with Crippen LogP contribution in [-0.2, 0) is 9.59 Å². The molecule has 0 N–H and O–H groups in total. The van der Waals surface area contributed by atoms with Gasteiger partial charge in [0.05, 0.1) is 0 Å². The van der Waals surface area contributed by atoms with Gasteiger partial charge in [0.1, 0.15) is 17.3 Å². The zero-order valence-electron chi connectivity index (χ0n) is 15.1. The molecule has 0 aliphatic heterocycles. The Kier molecular flexibility index (Phi) is 5.65. The fraction of sp³-hybridized carbons (Fsp3) is 0.0435. The molecule has 140 valence electrons. The number of esters is 2. The molecule has 0 amide bonds. The lowest BCUT2D eigenvalue weighted by atomic mass is 9.99. The Morgan fingerprint density at radius 3 is 1.89 bits per heavy atom. The summed E-state index contributed by atoms with van der Waals surface area (Å²) in [6.07, 6.45) is 1.07. The SMILES string of the molecule is C=CC(=O)Oc1ccc(-c2ccc(-c3ccc(OC(C)=O)cc3)cc2F)cc1. The lowest BCUT2D eigenvalue weighted by Gasteiger charge is -2.09. The van der Waals surface area contributed by atoms with Crippen LogP contribution < -0.4 is 9.47 Å². The molecule has 0 aliphatic carbocycles. The van der Waals surface area contributed by atoms with Crippen LogP contribution in [0.25, 0.3) is 22.3 Å². The summed E-state index contributed by atoms with van der Waals surface area (Å²) in [6.45, 7) is 4.67. The highest BCUT2D eigenvalue weighted by Gasteiger charge is 2.09. The van der Waals surface area contributed by atoms with Gasteiger partial charge in [-0.1, -0.05) is 43.0 Å². The molecule has 3 aromatic rings. The van der Waals surface area contributed by atoms with Crippen molar-refractivity contribution < 1.29 is 23.5 Å². The average Bonchev–Trinajstić information content (AvgIpc) is 2.69. The van der Waals surface area contributed by atoms with Crippen molar-refractivity contribution in [3.8, 4) is 33.8 Å². The van der Waals surface area contributed by atoms with Gasteiger partial charge in [-0.2, -0.15) is 0 Å². The molecule has 0 unspecified atom stereocenters. The Morgan fingerprint density at radius 2 is 1.36 bits per heavy atom.